The number of fused-ring (bicyclic) bond motifs is 3. The molecule has 3 fully saturated rings. The summed E-state index contributed by atoms with van der Waals surface area (Å²) in [4.78, 5) is 0. The lowest BCUT2D eigenvalue weighted by molar-refractivity contribution is -0.00158. The molecule has 2 N–H and O–H groups in total. The molecule has 1 saturated heterocycles. The molecule has 0 aromatic carbocycles. The van der Waals surface area contributed by atoms with Gasteiger partial charge in [-0.15, -0.1) is 0 Å². The fraction of sp³-hybridized carbons (Fsp3) is 0.926. The van der Waals surface area contributed by atoms with E-state index in [1.54, 1.807) is 0 Å². The molecule has 0 radical (unpaired) electrons. The standard InChI is InChI=1S/C27H44O3/c1-16(2)7-6-8-17(3)19-9-10-20-22-21(12-13-25(19,20)4)26(5)14-11-18(28)15-27(26)24(30-27)23(22)29/h16-20,23-24,28-29H,6-15H2,1-5H3/t17-,18+,19?,20?,23+,24+,25?,26?,27+/m1/s1. The van der Waals surface area contributed by atoms with Crippen molar-refractivity contribution in [2.24, 2.45) is 34.5 Å². The van der Waals surface area contributed by atoms with Crippen LogP contribution in [0.2, 0.25) is 0 Å². The number of aliphatic hydroxyl groups is 2. The Morgan fingerprint density at radius 1 is 1.03 bits per heavy atom. The smallest absolute Gasteiger partial charge is 0.118 e. The summed E-state index contributed by atoms with van der Waals surface area (Å²) in [6.45, 7) is 12.1. The van der Waals surface area contributed by atoms with Crippen LogP contribution in [0.5, 0.6) is 0 Å². The van der Waals surface area contributed by atoms with Crippen LogP contribution < -0.4 is 0 Å². The second-order valence-corrected chi connectivity index (χ2v) is 12.6. The minimum Gasteiger partial charge on any atom is -0.393 e. The average molecular weight is 417 g/mol. The lowest BCUT2D eigenvalue weighted by Crippen LogP contribution is -2.55. The molecule has 2 saturated carbocycles. The van der Waals surface area contributed by atoms with E-state index in [-0.39, 0.29) is 23.2 Å². The quantitative estimate of drug-likeness (QED) is 0.451. The van der Waals surface area contributed by atoms with Crippen LogP contribution in [-0.2, 0) is 4.74 Å². The number of rotatable bonds is 5. The average Bonchev–Trinajstić information content (AvgIpc) is 3.29. The molecule has 30 heavy (non-hydrogen) atoms. The zero-order valence-electron chi connectivity index (χ0n) is 19.9. The first-order valence-corrected chi connectivity index (χ1v) is 12.9. The summed E-state index contributed by atoms with van der Waals surface area (Å²) in [5.74, 6) is 2.89. The first-order valence-electron chi connectivity index (χ1n) is 12.9. The van der Waals surface area contributed by atoms with Crippen molar-refractivity contribution in [1.82, 2.24) is 0 Å². The van der Waals surface area contributed by atoms with E-state index in [4.69, 9.17) is 4.74 Å². The zero-order valence-corrected chi connectivity index (χ0v) is 19.9. The summed E-state index contributed by atoms with van der Waals surface area (Å²) in [7, 11) is 0. The maximum absolute atomic E-state index is 11.5. The Morgan fingerprint density at radius 2 is 1.80 bits per heavy atom. The van der Waals surface area contributed by atoms with Crippen LogP contribution in [0, 0.1) is 34.5 Å². The summed E-state index contributed by atoms with van der Waals surface area (Å²) in [5, 5.41) is 21.8. The van der Waals surface area contributed by atoms with E-state index in [0.717, 1.165) is 37.0 Å². The van der Waals surface area contributed by atoms with Gasteiger partial charge in [0.2, 0.25) is 0 Å². The second kappa shape index (κ2) is 7.06. The molecule has 5 rings (SSSR count). The molecule has 5 aliphatic rings. The maximum Gasteiger partial charge on any atom is 0.118 e. The van der Waals surface area contributed by atoms with Crippen LogP contribution in [0.4, 0.5) is 0 Å². The van der Waals surface area contributed by atoms with Gasteiger partial charge in [0.1, 0.15) is 17.8 Å². The van der Waals surface area contributed by atoms with Crippen molar-refractivity contribution < 1.29 is 14.9 Å². The lowest BCUT2D eigenvalue weighted by atomic mass is 9.49. The molecule has 0 aromatic heterocycles. The van der Waals surface area contributed by atoms with E-state index < -0.39 is 6.10 Å². The molecule has 4 unspecified atom stereocenters. The molecular formula is C27H44O3. The molecular weight excluding hydrogens is 372 g/mol. The number of aliphatic hydroxyl groups excluding tert-OH is 2. The van der Waals surface area contributed by atoms with Gasteiger partial charge < -0.3 is 14.9 Å². The summed E-state index contributed by atoms with van der Waals surface area (Å²) in [5.41, 5.74) is 2.98. The first kappa shape index (κ1) is 21.5. The molecule has 3 nitrogen and oxygen atoms in total. The third-order valence-electron chi connectivity index (χ3n) is 10.6. The van der Waals surface area contributed by atoms with Gasteiger partial charge in [-0.25, -0.2) is 0 Å². The predicted molar refractivity (Wildman–Crippen MR) is 120 cm³/mol. The molecule has 170 valence electrons. The topological polar surface area (TPSA) is 53.0 Å². The number of hydrogen-bond acceptors (Lipinski definition) is 3. The fourth-order valence-electron chi connectivity index (χ4n) is 8.88. The van der Waals surface area contributed by atoms with Crippen molar-refractivity contribution in [2.75, 3.05) is 0 Å². The van der Waals surface area contributed by atoms with Crippen LogP contribution in [0.1, 0.15) is 98.8 Å². The molecule has 0 bridgehead atoms. The Bertz CT molecular complexity index is 728. The van der Waals surface area contributed by atoms with Gasteiger partial charge in [-0.3, -0.25) is 0 Å². The molecule has 3 heteroatoms. The van der Waals surface area contributed by atoms with Gasteiger partial charge in [-0.1, -0.05) is 59.5 Å². The largest absolute Gasteiger partial charge is 0.393 e. The Hall–Kier alpha value is -0.380. The fourth-order valence-corrected chi connectivity index (χ4v) is 8.88. The van der Waals surface area contributed by atoms with Crippen molar-refractivity contribution in [3.63, 3.8) is 0 Å². The van der Waals surface area contributed by atoms with Gasteiger partial charge >= 0.3 is 0 Å². The van der Waals surface area contributed by atoms with Gasteiger partial charge in [0.05, 0.1) is 6.10 Å². The molecule has 1 spiro atoms. The Balaban J connectivity index is 1.42. The van der Waals surface area contributed by atoms with Crippen LogP contribution in [0.15, 0.2) is 11.1 Å². The lowest BCUT2D eigenvalue weighted by Gasteiger charge is -2.54. The Morgan fingerprint density at radius 3 is 2.53 bits per heavy atom. The highest BCUT2D eigenvalue weighted by atomic mass is 16.6. The Kier molecular flexibility index (Phi) is 5.05. The van der Waals surface area contributed by atoms with E-state index in [0.29, 0.717) is 17.8 Å². The molecule has 1 aliphatic heterocycles. The number of epoxide rings is 1. The van der Waals surface area contributed by atoms with Gasteiger partial charge in [-0.05, 0) is 73.2 Å². The number of hydrogen-bond donors (Lipinski definition) is 2. The van der Waals surface area contributed by atoms with Crippen LogP contribution in [0.3, 0.4) is 0 Å². The third kappa shape index (κ3) is 2.80. The molecule has 0 amide bonds. The van der Waals surface area contributed by atoms with Gasteiger partial charge in [0.25, 0.3) is 0 Å². The van der Waals surface area contributed by atoms with E-state index in [2.05, 4.69) is 34.6 Å². The monoisotopic (exact) mass is 416 g/mol. The SMILES string of the molecule is CC(C)CCC[C@@H](C)C1CCC2C3=C(CCC21C)C1(C)CC[C@H](O)C[C@@]12O[C@H]2[C@H]3O. The third-order valence-corrected chi connectivity index (χ3v) is 10.6. The second-order valence-electron chi connectivity index (χ2n) is 12.6. The summed E-state index contributed by atoms with van der Waals surface area (Å²) < 4.78 is 6.33. The highest BCUT2D eigenvalue weighted by Gasteiger charge is 2.76. The van der Waals surface area contributed by atoms with Crippen molar-refractivity contribution in [1.29, 1.82) is 0 Å². The van der Waals surface area contributed by atoms with Gasteiger partial charge in [0, 0.05) is 11.8 Å². The van der Waals surface area contributed by atoms with E-state index >= 15 is 0 Å². The summed E-state index contributed by atoms with van der Waals surface area (Å²) in [6, 6.07) is 0. The van der Waals surface area contributed by atoms with Gasteiger partial charge in [0.15, 0.2) is 0 Å². The molecule has 1 heterocycles. The molecule has 4 aliphatic carbocycles. The van der Waals surface area contributed by atoms with E-state index in [1.165, 1.54) is 49.7 Å². The van der Waals surface area contributed by atoms with Crippen LogP contribution in [-0.4, -0.2) is 34.1 Å². The van der Waals surface area contributed by atoms with Crippen molar-refractivity contribution >= 4 is 0 Å². The van der Waals surface area contributed by atoms with Crippen LogP contribution in [0.25, 0.3) is 0 Å². The maximum atomic E-state index is 11.5. The first-order chi connectivity index (χ1) is 14.1. The minimum atomic E-state index is -0.446. The molecule has 9 atom stereocenters. The highest BCUT2D eigenvalue weighted by Crippen LogP contribution is 2.72. The minimum absolute atomic E-state index is 0.0216. The number of ether oxygens (including phenoxy) is 1. The highest BCUT2D eigenvalue weighted by molar-refractivity contribution is 5.45. The van der Waals surface area contributed by atoms with Crippen molar-refractivity contribution in [2.45, 2.75) is 123 Å². The van der Waals surface area contributed by atoms with E-state index in [1.807, 2.05) is 0 Å². The van der Waals surface area contributed by atoms with Crippen LogP contribution >= 0.6 is 0 Å². The predicted octanol–water partition coefficient (Wildman–Crippen LogP) is 5.63. The molecule has 0 aromatic rings. The van der Waals surface area contributed by atoms with Crippen molar-refractivity contribution in [3.05, 3.63) is 11.1 Å². The zero-order chi connectivity index (χ0) is 21.5. The van der Waals surface area contributed by atoms with Gasteiger partial charge in [-0.2, -0.15) is 0 Å². The summed E-state index contributed by atoms with van der Waals surface area (Å²) in [6.07, 6.45) is 10.8. The summed E-state index contributed by atoms with van der Waals surface area (Å²) >= 11 is 0. The van der Waals surface area contributed by atoms with E-state index in [9.17, 15) is 10.2 Å². The van der Waals surface area contributed by atoms with Crippen molar-refractivity contribution in [3.8, 4) is 0 Å². The normalized spacial score (nSPS) is 50.6. The Labute approximate surface area is 183 Å².